The van der Waals surface area contributed by atoms with Crippen molar-refractivity contribution < 1.29 is 4.42 Å². The number of nitriles is 1. The lowest BCUT2D eigenvalue weighted by atomic mass is 10.1. The second-order valence-corrected chi connectivity index (χ2v) is 5.37. The van der Waals surface area contributed by atoms with Crippen LogP contribution in [0.4, 0.5) is 5.88 Å². The van der Waals surface area contributed by atoms with Crippen LogP contribution in [-0.4, -0.2) is 0 Å². The Morgan fingerprint density at radius 1 is 1.28 bits per heavy atom. The molecule has 0 saturated heterocycles. The first-order valence-electron chi connectivity index (χ1n) is 5.20. The summed E-state index contributed by atoms with van der Waals surface area (Å²) in [6.07, 6.45) is 0. The Bertz CT molecular complexity index is 703. The third kappa shape index (κ3) is 1.63. The highest BCUT2D eigenvalue weighted by Crippen LogP contribution is 2.42. The van der Waals surface area contributed by atoms with Gasteiger partial charge in [-0.25, -0.2) is 0 Å². The third-order valence-electron chi connectivity index (χ3n) is 2.60. The van der Waals surface area contributed by atoms with Crippen molar-refractivity contribution in [1.82, 2.24) is 0 Å². The van der Waals surface area contributed by atoms with Crippen LogP contribution < -0.4 is 5.73 Å². The standard InChI is InChI=1S/C13H8N2OS2/c14-6-9-11(10-2-1-4-18-10)12(16-13(9)15)8-3-5-17-7-8/h1-5,7H,15H2. The van der Waals surface area contributed by atoms with Gasteiger partial charge in [-0.15, -0.1) is 11.3 Å². The van der Waals surface area contributed by atoms with Gasteiger partial charge < -0.3 is 10.2 Å². The van der Waals surface area contributed by atoms with Gasteiger partial charge in [-0.3, -0.25) is 0 Å². The van der Waals surface area contributed by atoms with Crippen LogP contribution in [0, 0.1) is 11.3 Å². The molecule has 0 unspecified atom stereocenters. The predicted molar refractivity (Wildman–Crippen MR) is 74.5 cm³/mol. The third-order valence-corrected chi connectivity index (χ3v) is 4.17. The van der Waals surface area contributed by atoms with Crippen molar-refractivity contribution in [2.24, 2.45) is 0 Å². The largest absolute Gasteiger partial charge is 0.439 e. The molecule has 0 spiro atoms. The van der Waals surface area contributed by atoms with Gasteiger partial charge in [-0.1, -0.05) is 6.07 Å². The molecule has 0 aliphatic heterocycles. The SMILES string of the molecule is N#Cc1c(N)oc(-c2ccsc2)c1-c1cccs1. The van der Waals surface area contributed by atoms with Gasteiger partial charge in [0, 0.05) is 15.8 Å². The average Bonchev–Trinajstić information content (AvgIpc) is 3.08. The molecule has 0 bridgehead atoms. The van der Waals surface area contributed by atoms with E-state index >= 15 is 0 Å². The number of nitrogens with zero attached hydrogens (tertiary/aromatic N) is 1. The van der Waals surface area contributed by atoms with Gasteiger partial charge in [0.25, 0.3) is 0 Å². The van der Waals surface area contributed by atoms with E-state index in [0.29, 0.717) is 11.3 Å². The molecule has 88 valence electrons. The van der Waals surface area contributed by atoms with Crippen molar-refractivity contribution in [3.63, 3.8) is 0 Å². The van der Waals surface area contributed by atoms with Crippen LogP contribution in [0.25, 0.3) is 21.8 Å². The highest BCUT2D eigenvalue weighted by atomic mass is 32.1. The quantitative estimate of drug-likeness (QED) is 0.760. The lowest BCUT2D eigenvalue weighted by Crippen LogP contribution is -1.84. The Hall–Kier alpha value is -2.03. The molecule has 18 heavy (non-hydrogen) atoms. The molecule has 0 saturated carbocycles. The highest BCUT2D eigenvalue weighted by molar-refractivity contribution is 7.13. The van der Waals surface area contributed by atoms with Gasteiger partial charge in [-0.05, 0) is 22.9 Å². The molecule has 3 aromatic heterocycles. The van der Waals surface area contributed by atoms with E-state index in [-0.39, 0.29) is 5.88 Å². The zero-order chi connectivity index (χ0) is 12.5. The molecule has 5 heteroatoms. The molecule has 0 amide bonds. The minimum absolute atomic E-state index is 0.182. The average molecular weight is 272 g/mol. The second-order valence-electron chi connectivity index (χ2n) is 3.65. The summed E-state index contributed by atoms with van der Waals surface area (Å²) in [5.41, 5.74) is 7.95. The number of anilines is 1. The van der Waals surface area contributed by atoms with E-state index in [1.165, 1.54) is 0 Å². The lowest BCUT2D eigenvalue weighted by molar-refractivity contribution is 0.603. The summed E-state index contributed by atoms with van der Waals surface area (Å²) in [5.74, 6) is 0.856. The maximum absolute atomic E-state index is 9.23. The van der Waals surface area contributed by atoms with E-state index in [0.717, 1.165) is 16.0 Å². The fourth-order valence-corrected chi connectivity index (χ4v) is 3.22. The predicted octanol–water partition coefficient (Wildman–Crippen LogP) is 4.19. The minimum Gasteiger partial charge on any atom is -0.439 e. The lowest BCUT2D eigenvalue weighted by Gasteiger charge is -1.97. The monoisotopic (exact) mass is 272 g/mol. The number of hydrogen-bond donors (Lipinski definition) is 1. The molecular weight excluding hydrogens is 264 g/mol. The van der Waals surface area contributed by atoms with E-state index in [1.54, 1.807) is 22.7 Å². The van der Waals surface area contributed by atoms with Gasteiger partial charge in [-0.2, -0.15) is 16.6 Å². The topological polar surface area (TPSA) is 63.0 Å². The van der Waals surface area contributed by atoms with Crippen LogP contribution >= 0.6 is 22.7 Å². The molecular formula is C13H8N2OS2. The second kappa shape index (κ2) is 4.33. The number of hydrogen-bond acceptors (Lipinski definition) is 5. The van der Waals surface area contributed by atoms with Crippen LogP contribution in [-0.2, 0) is 0 Å². The molecule has 3 nitrogen and oxygen atoms in total. The first-order valence-corrected chi connectivity index (χ1v) is 7.02. The maximum atomic E-state index is 9.23. The Morgan fingerprint density at radius 3 is 2.78 bits per heavy atom. The van der Waals surface area contributed by atoms with Gasteiger partial charge in [0.2, 0.25) is 5.88 Å². The van der Waals surface area contributed by atoms with Gasteiger partial charge in [0.15, 0.2) is 0 Å². The van der Waals surface area contributed by atoms with E-state index < -0.39 is 0 Å². The van der Waals surface area contributed by atoms with Crippen molar-refractivity contribution in [3.05, 3.63) is 39.9 Å². The van der Waals surface area contributed by atoms with Crippen LogP contribution in [0.5, 0.6) is 0 Å². The van der Waals surface area contributed by atoms with Crippen LogP contribution in [0.3, 0.4) is 0 Å². The zero-order valence-corrected chi connectivity index (χ0v) is 10.8. The van der Waals surface area contributed by atoms with Crippen molar-refractivity contribution in [2.75, 3.05) is 5.73 Å². The summed E-state index contributed by atoms with van der Waals surface area (Å²) in [7, 11) is 0. The molecule has 0 fully saturated rings. The summed E-state index contributed by atoms with van der Waals surface area (Å²) < 4.78 is 5.57. The highest BCUT2D eigenvalue weighted by Gasteiger charge is 2.22. The Morgan fingerprint density at radius 2 is 2.17 bits per heavy atom. The summed E-state index contributed by atoms with van der Waals surface area (Å²) >= 11 is 3.15. The molecule has 0 atom stereocenters. The minimum atomic E-state index is 0.182. The molecule has 3 heterocycles. The van der Waals surface area contributed by atoms with E-state index in [4.69, 9.17) is 10.2 Å². The van der Waals surface area contributed by atoms with E-state index in [9.17, 15) is 5.26 Å². The number of nitrogens with two attached hydrogens (primary N) is 1. The molecule has 0 aliphatic carbocycles. The van der Waals surface area contributed by atoms with Crippen LogP contribution in [0.15, 0.2) is 38.8 Å². The van der Waals surface area contributed by atoms with Crippen molar-refractivity contribution >= 4 is 28.6 Å². The Kier molecular flexibility index (Phi) is 2.67. The number of furan rings is 1. The van der Waals surface area contributed by atoms with Crippen LogP contribution in [0.1, 0.15) is 5.56 Å². The van der Waals surface area contributed by atoms with Gasteiger partial charge in [0.05, 0.1) is 5.56 Å². The molecule has 3 rings (SSSR count). The molecule has 0 radical (unpaired) electrons. The maximum Gasteiger partial charge on any atom is 0.209 e. The zero-order valence-electron chi connectivity index (χ0n) is 9.21. The van der Waals surface area contributed by atoms with Crippen molar-refractivity contribution in [3.8, 4) is 27.8 Å². The van der Waals surface area contributed by atoms with Gasteiger partial charge >= 0.3 is 0 Å². The van der Waals surface area contributed by atoms with Crippen molar-refractivity contribution in [1.29, 1.82) is 5.26 Å². The van der Waals surface area contributed by atoms with Crippen LogP contribution in [0.2, 0.25) is 0 Å². The fourth-order valence-electron chi connectivity index (χ4n) is 1.81. The van der Waals surface area contributed by atoms with Gasteiger partial charge in [0.1, 0.15) is 17.4 Å². The first-order chi connectivity index (χ1) is 8.81. The van der Waals surface area contributed by atoms with E-state index in [2.05, 4.69) is 6.07 Å². The summed E-state index contributed by atoms with van der Waals surface area (Å²) in [6.45, 7) is 0. The molecule has 2 N–H and O–H groups in total. The first kappa shape index (κ1) is 11.1. The normalized spacial score (nSPS) is 10.4. The number of thiophene rings is 2. The number of nitrogen functional groups attached to an aromatic ring is 1. The molecule has 0 aliphatic rings. The summed E-state index contributed by atoms with van der Waals surface area (Å²) in [6, 6.07) is 8.00. The molecule has 0 aromatic carbocycles. The van der Waals surface area contributed by atoms with Crippen molar-refractivity contribution in [2.45, 2.75) is 0 Å². The summed E-state index contributed by atoms with van der Waals surface area (Å²) in [5, 5.41) is 15.1. The van der Waals surface area contributed by atoms with E-state index in [1.807, 2.05) is 34.3 Å². The number of rotatable bonds is 2. The smallest absolute Gasteiger partial charge is 0.209 e. The Labute approximate surface area is 112 Å². The Balaban J connectivity index is 2.31. The summed E-state index contributed by atoms with van der Waals surface area (Å²) in [4.78, 5) is 0.994. The molecule has 3 aromatic rings. The fraction of sp³-hybridized carbons (Fsp3) is 0.